The van der Waals surface area contributed by atoms with Crippen LogP contribution in [-0.2, 0) is 19.3 Å². The summed E-state index contributed by atoms with van der Waals surface area (Å²) in [5.41, 5.74) is 11.4. The van der Waals surface area contributed by atoms with Gasteiger partial charge >= 0.3 is 0 Å². The topological polar surface area (TPSA) is 13.1 Å². The Kier molecular flexibility index (Phi) is 3.24. The van der Waals surface area contributed by atoms with Crippen LogP contribution in [0.5, 0.6) is 0 Å². The fourth-order valence-electron chi connectivity index (χ4n) is 4.38. The molecule has 5 rings (SSSR count). The molecule has 2 aromatic carbocycles. The minimum absolute atomic E-state index is 0.980. The lowest BCUT2D eigenvalue weighted by Crippen LogP contribution is -1.96. The van der Waals surface area contributed by atoms with Crippen molar-refractivity contribution in [3.63, 3.8) is 0 Å². The van der Waals surface area contributed by atoms with E-state index in [0.29, 0.717) is 0 Å². The second kappa shape index (κ2) is 5.49. The minimum atomic E-state index is 0.980. The van der Waals surface area contributed by atoms with Crippen molar-refractivity contribution in [1.82, 2.24) is 0 Å². The molecule has 0 spiro atoms. The first kappa shape index (κ1) is 14.8. The van der Waals surface area contributed by atoms with Crippen molar-refractivity contribution in [3.05, 3.63) is 81.8 Å². The summed E-state index contributed by atoms with van der Waals surface area (Å²) in [6.45, 7) is 4.17. The van der Waals surface area contributed by atoms with Gasteiger partial charge in [-0.25, -0.2) is 0 Å². The Morgan fingerprint density at radius 2 is 1.72 bits per heavy atom. The Morgan fingerprint density at radius 1 is 0.880 bits per heavy atom. The average molecular weight is 326 g/mol. The summed E-state index contributed by atoms with van der Waals surface area (Å²) in [4.78, 5) is 0. The van der Waals surface area contributed by atoms with Gasteiger partial charge in [0.05, 0.1) is 0 Å². The summed E-state index contributed by atoms with van der Waals surface area (Å²) >= 11 is 0. The van der Waals surface area contributed by atoms with Crippen molar-refractivity contribution in [3.8, 4) is 11.1 Å². The molecule has 0 saturated heterocycles. The van der Waals surface area contributed by atoms with Crippen LogP contribution in [0.4, 0.5) is 0 Å². The van der Waals surface area contributed by atoms with Crippen molar-refractivity contribution in [2.75, 3.05) is 0 Å². The summed E-state index contributed by atoms with van der Waals surface area (Å²) in [6.07, 6.45) is 7.05. The van der Waals surface area contributed by atoms with Gasteiger partial charge in [0.2, 0.25) is 0 Å². The molecule has 0 aliphatic heterocycles. The number of hydrogen-bond acceptors (Lipinski definition) is 1. The van der Waals surface area contributed by atoms with Crippen LogP contribution in [-0.4, -0.2) is 0 Å². The van der Waals surface area contributed by atoms with E-state index in [4.69, 9.17) is 4.42 Å². The van der Waals surface area contributed by atoms with Gasteiger partial charge in [0.25, 0.3) is 0 Å². The fourth-order valence-corrected chi connectivity index (χ4v) is 4.38. The van der Waals surface area contributed by atoms with E-state index in [2.05, 4.69) is 55.5 Å². The Balaban J connectivity index is 1.71. The third kappa shape index (κ3) is 2.38. The molecule has 1 aromatic heterocycles. The van der Waals surface area contributed by atoms with Gasteiger partial charge in [-0.05, 0) is 90.3 Å². The van der Waals surface area contributed by atoms with Gasteiger partial charge < -0.3 is 4.42 Å². The van der Waals surface area contributed by atoms with Crippen LogP contribution in [0.1, 0.15) is 45.8 Å². The second-order valence-corrected chi connectivity index (χ2v) is 7.44. The number of allylic oxidation sites excluding steroid dienone is 1. The first-order valence-corrected chi connectivity index (χ1v) is 9.21. The predicted molar refractivity (Wildman–Crippen MR) is 104 cm³/mol. The van der Waals surface area contributed by atoms with Crippen LogP contribution in [0.3, 0.4) is 0 Å². The molecule has 1 heteroatoms. The molecule has 3 aromatic rings. The third-order valence-corrected chi connectivity index (χ3v) is 5.62. The van der Waals surface area contributed by atoms with Crippen molar-refractivity contribution < 1.29 is 4.42 Å². The summed E-state index contributed by atoms with van der Waals surface area (Å²) in [5, 5.41) is 0. The highest BCUT2D eigenvalue weighted by Gasteiger charge is 2.26. The van der Waals surface area contributed by atoms with E-state index >= 15 is 0 Å². The van der Waals surface area contributed by atoms with Gasteiger partial charge in [0.1, 0.15) is 11.5 Å². The molecule has 0 amide bonds. The molecule has 0 saturated carbocycles. The van der Waals surface area contributed by atoms with E-state index in [0.717, 1.165) is 17.9 Å². The molecular weight excluding hydrogens is 304 g/mol. The average Bonchev–Trinajstić information content (AvgIpc) is 3.32. The summed E-state index contributed by atoms with van der Waals surface area (Å²) in [7, 11) is 0. The van der Waals surface area contributed by atoms with E-state index in [-0.39, 0.29) is 0 Å². The summed E-state index contributed by atoms with van der Waals surface area (Å²) in [6, 6.07) is 15.6. The SMILES string of the molecule is Cc1ccc(-c2c3c(cc4c2CCC4)CC(c2ccc(C)o2)=C3)cc1. The van der Waals surface area contributed by atoms with Crippen molar-refractivity contribution in [1.29, 1.82) is 0 Å². The molecule has 0 N–H and O–H groups in total. The quantitative estimate of drug-likeness (QED) is 0.550. The zero-order chi connectivity index (χ0) is 17.0. The van der Waals surface area contributed by atoms with Gasteiger partial charge in [-0.3, -0.25) is 0 Å². The van der Waals surface area contributed by atoms with Gasteiger partial charge in [-0.15, -0.1) is 0 Å². The van der Waals surface area contributed by atoms with Crippen molar-refractivity contribution in [2.24, 2.45) is 0 Å². The number of benzene rings is 2. The minimum Gasteiger partial charge on any atom is -0.462 e. The molecule has 1 heterocycles. The number of hydrogen-bond donors (Lipinski definition) is 0. The maximum Gasteiger partial charge on any atom is 0.130 e. The van der Waals surface area contributed by atoms with Crippen LogP contribution in [0.15, 0.2) is 46.9 Å². The zero-order valence-corrected chi connectivity index (χ0v) is 14.9. The van der Waals surface area contributed by atoms with Gasteiger partial charge in [0, 0.05) is 6.42 Å². The van der Waals surface area contributed by atoms with E-state index in [1.165, 1.54) is 52.7 Å². The zero-order valence-electron chi connectivity index (χ0n) is 14.9. The van der Waals surface area contributed by atoms with Crippen molar-refractivity contribution >= 4 is 11.6 Å². The molecule has 25 heavy (non-hydrogen) atoms. The first-order valence-electron chi connectivity index (χ1n) is 9.21. The van der Waals surface area contributed by atoms with Crippen molar-refractivity contribution in [2.45, 2.75) is 39.5 Å². The number of furan rings is 1. The normalized spacial score (nSPS) is 15.2. The molecule has 0 radical (unpaired) electrons. The molecule has 2 aliphatic rings. The molecule has 1 nitrogen and oxygen atoms in total. The smallest absolute Gasteiger partial charge is 0.130 e. The van der Waals surface area contributed by atoms with Crippen LogP contribution in [0, 0.1) is 13.8 Å². The van der Waals surface area contributed by atoms with E-state index in [1.807, 2.05) is 6.92 Å². The molecule has 0 atom stereocenters. The van der Waals surface area contributed by atoms with Crippen LogP contribution < -0.4 is 0 Å². The fraction of sp³-hybridized carbons (Fsp3) is 0.250. The third-order valence-electron chi connectivity index (χ3n) is 5.62. The lowest BCUT2D eigenvalue weighted by Gasteiger charge is -2.15. The van der Waals surface area contributed by atoms with E-state index < -0.39 is 0 Å². The van der Waals surface area contributed by atoms with Gasteiger partial charge in [0.15, 0.2) is 0 Å². The second-order valence-electron chi connectivity index (χ2n) is 7.44. The predicted octanol–water partition coefficient (Wildman–Crippen LogP) is 6.15. The van der Waals surface area contributed by atoms with Crippen LogP contribution in [0.25, 0.3) is 22.8 Å². The van der Waals surface area contributed by atoms with Gasteiger partial charge in [-0.1, -0.05) is 35.9 Å². The van der Waals surface area contributed by atoms with Crippen LogP contribution in [0.2, 0.25) is 0 Å². The lowest BCUT2D eigenvalue weighted by molar-refractivity contribution is 0.521. The van der Waals surface area contributed by atoms with Crippen LogP contribution >= 0.6 is 0 Å². The molecule has 0 fully saturated rings. The maximum atomic E-state index is 5.89. The Bertz CT molecular complexity index is 999. The molecule has 124 valence electrons. The van der Waals surface area contributed by atoms with Gasteiger partial charge in [-0.2, -0.15) is 0 Å². The Morgan fingerprint density at radius 3 is 2.48 bits per heavy atom. The maximum absolute atomic E-state index is 5.89. The van der Waals surface area contributed by atoms with E-state index in [1.54, 1.807) is 11.1 Å². The monoisotopic (exact) mass is 326 g/mol. The molecular formula is C24H22O. The largest absolute Gasteiger partial charge is 0.462 e. The number of aryl methyl sites for hydroxylation is 3. The lowest BCUT2D eigenvalue weighted by atomic mass is 9.89. The molecule has 2 aliphatic carbocycles. The highest BCUT2D eigenvalue weighted by Crippen LogP contribution is 2.43. The Labute approximate surface area is 149 Å². The number of fused-ring (bicyclic) bond motifs is 2. The highest BCUT2D eigenvalue weighted by atomic mass is 16.3. The molecule has 0 unspecified atom stereocenters. The summed E-state index contributed by atoms with van der Waals surface area (Å²) in [5.74, 6) is 2.00. The summed E-state index contributed by atoms with van der Waals surface area (Å²) < 4.78 is 5.89. The van der Waals surface area contributed by atoms with E-state index in [9.17, 15) is 0 Å². The highest BCUT2D eigenvalue weighted by molar-refractivity contribution is 5.94. The Hall–Kier alpha value is -2.54. The number of rotatable bonds is 2. The first-order chi connectivity index (χ1) is 12.2. The standard InChI is InChI=1S/C24H22O/c1-15-6-9-17(10-7-15)24-21-5-3-4-18(21)12-19-13-20(14-22(19)24)23-11-8-16(2)25-23/h6-12,14H,3-5,13H2,1-2H3. The molecule has 0 bridgehead atoms.